The highest BCUT2D eigenvalue weighted by Gasteiger charge is 2.11. The van der Waals surface area contributed by atoms with Crippen LogP contribution in [-0.2, 0) is 17.6 Å². The molecule has 15 heavy (non-hydrogen) atoms. The number of hydrogen-bond acceptors (Lipinski definition) is 3. The van der Waals surface area contributed by atoms with Crippen LogP contribution in [0.5, 0.6) is 0 Å². The Balaban J connectivity index is 2.64. The summed E-state index contributed by atoms with van der Waals surface area (Å²) in [6.45, 7) is 4.23. The van der Waals surface area contributed by atoms with E-state index in [0.717, 1.165) is 17.1 Å². The van der Waals surface area contributed by atoms with E-state index in [1.165, 1.54) is 11.3 Å². The first-order chi connectivity index (χ1) is 6.99. The van der Waals surface area contributed by atoms with Crippen molar-refractivity contribution >= 4 is 28.9 Å². The Morgan fingerprint density at radius 1 is 1.60 bits per heavy atom. The van der Waals surface area contributed by atoms with E-state index in [2.05, 4.69) is 18.8 Å². The monoisotopic (exact) mass is 247 g/mol. The molecule has 84 valence electrons. The molecule has 1 N–H and O–H groups in total. The van der Waals surface area contributed by atoms with E-state index < -0.39 is 5.97 Å². The second-order valence-electron chi connectivity index (χ2n) is 3.82. The fourth-order valence-corrected chi connectivity index (χ4v) is 2.64. The van der Waals surface area contributed by atoms with Gasteiger partial charge in [-0.05, 0) is 5.92 Å². The van der Waals surface area contributed by atoms with E-state index in [9.17, 15) is 4.79 Å². The molecule has 0 saturated heterocycles. The standard InChI is InChI=1S/C10H14ClNO2S/c1-6(2)5-8-12-7(10(11)15-8)3-4-9(13)14/h6H,3-5H2,1-2H3,(H,13,14). The van der Waals surface area contributed by atoms with E-state index in [1.54, 1.807) is 0 Å². The molecule has 0 aliphatic carbocycles. The number of carboxylic acids is 1. The van der Waals surface area contributed by atoms with Gasteiger partial charge < -0.3 is 5.11 Å². The molecular weight excluding hydrogens is 234 g/mol. The average Bonchev–Trinajstić information content (AvgIpc) is 2.41. The summed E-state index contributed by atoms with van der Waals surface area (Å²) in [4.78, 5) is 14.7. The van der Waals surface area contributed by atoms with Crippen LogP contribution in [0, 0.1) is 5.92 Å². The Kier molecular flexibility index (Phi) is 4.54. The Labute approximate surface area is 98.1 Å². The average molecular weight is 248 g/mol. The highest BCUT2D eigenvalue weighted by Crippen LogP contribution is 2.26. The molecule has 0 fully saturated rings. The number of aromatic nitrogens is 1. The van der Waals surface area contributed by atoms with Crippen molar-refractivity contribution in [1.29, 1.82) is 0 Å². The first-order valence-corrected chi connectivity index (χ1v) is 6.04. The van der Waals surface area contributed by atoms with Crippen LogP contribution in [0.25, 0.3) is 0 Å². The molecule has 0 bridgehead atoms. The minimum Gasteiger partial charge on any atom is -0.481 e. The molecule has 0 saturated carbocycles. The molecule has 0 aliphatic heterocycles. The van der Waals surface area contributed by atoms with Crippen LogP contribution in [0.4, 0.5) is 0 Å². The molecule has 0 aliphatic rings. The molecule has 1 rings (SSSR count). The molecule has 1 heterocycles. The van der Waals surface area contributed by atoms with Crippen LogP contribution < -0.4 is 0 Å². The fourth-order valence-electron chi connectivity index (χ4n) is 1.20. The summed E-state index contributed by atoms with van der Waals surface area (Å²) < 4.78 is 0.631. The van der Waals surface area contributed by atoms with Gasteiger partial charge in [0.1, 0.15) is 4.34 Å². The Morgan fingerprint density at radius 3 is 2.80 bits per heavy atom. The van der Waals surface area contributed by atoms with E-state index >= 15 is 0 Å². The van der Waals surface area contributed by atoms with Gasteiger partial charge in [-0.15, -0.1) is 11.3 Å². The predicted molar refractivity (Wildman–Crippen MR) is 61.6 cm³/mol. The third-order valence-corrected chi connectivity index (χ3v) is 3.21. The van der Waals surface area contributed by atoms with Crippen molar-refractivity contribution < 1.29 is 9.90 Å². The first-order valence-electron chi connectivity index (χ1n) is 4.85. The Bertz CT molecular complexity index is 349. The summed E-state index contributed by atoms with van der Waals surface area (Å²) >= 11 is 7.43. The number of aryl methyl sites for hydroxylation is 1. The van der Waals surface area contributed by atoms with Crippen molar-refractivity contribution in [1.82, 2.24) is 4.98 Å². The van der Waals surface area contributed by atoms with Gasteiger partial charge in [-0.1, -0.05) is 25.4 Å². The number of thiazole rings is 1. The van der Waals surface area contributed by atoms with Crippen molar-refractivity contribution in [2.45, 2.75) is 33.1 Å². The van der Waals surface area contributed by atoms with Crippen LogP contribution in [0.15, 0.2) is 0 Å². The van der Waals surface area contributed by atoms with Gasteiger partial charge in [0.25, 0.3) is 0 Å². The number of aliphatic carboxylic acids is 1. The minimum atomic E-state index is -0.815. The molecule has 1 aromatic heterocycles. The van der Waals surface area contributed by atoms with E-state index in [4.69, 9.17) is 16.7 Å². The maximum atomic E-state index is 10.4. The third-order valence-electron chi connectivity index (χ3n) is 1.85. The van der Waals surface area contributed by atoms with E-state index in [0.29, 0.717) is 16.7 Å². The van der Waals surface area contributed by atoms with Crippen molar-refractivity contribution in [3.05, 3.63) is 15.0 Å². The zero-order valence-corrected chi connectivity index (χ0v) is 10.4. The van der Waals surface area contributed by atoms with Gasteiger partial charge in [-0.3, -0.25) is 4.79 Å². The molecule has 3 nitrogen and oxygen atoms in total. The maximum absolute atomic E-state index is 10.4. The number of carbonyl (C=O) groups is 1. The van der Waals surface area contributed by atoms with Crippen molar-refractivity contribution in [3.8, 4) is 0 Å². The van der Waals surface area contributed by atoms with Gasteiger partial charge in [-0.25, -0.2) is 4.98 Å². The molecule has 0 atom stereocenters. The normalized spacial score (nSPS) is 10.9. The second-order valence-corrected chi connectivity index (χ2v) is 5.51. The van der Waals surface area contributed by atoms with Gasteiger partial charge in [0, 0.05) is 12.8 Å². The number of halogens is 1. The van der Waals surface area contributed by atoms with Crippen molar-refractivity contribution in [2.75, 3.05) is 0 Å². The molecular formula is C10H14ClNO2S. The molecule has 0 aromatic carbocycles. The van der Waals surface area contributed by atoms with Crippen LogP contribution >= 0.6 is 22.9 Å². The molecule has 0 radical (unpaired) electrons. The summed E-state index contributed by atoms with van der Waals surface area (Å²) in [5, 5.41) is 9.55. The number of hydrogen-bond donors (Lipinski definition) is 1. The lowest BCUT2D eigenvalue weighted by Crippen LogP contribution is -1.99. The topological polar surface area (TPSA) is 50.2 Å². The molecule has 0 unspecified atom stereocenters. The van der Waals surface area contributed by atoms with Crippen LogP contribution in [-0.4, -0.2) is 16.1 Å². The van der Waals surface area contributed by atoms with Gasteiger partial charge in [0.15, 0.2) is 0 Å². The summed E-state index contributed by atoms with van der Waals surface area (Å²) in [6.07, 6.45) is 1.41. The maximum Gasteiger partial charge on any atom is 0.303 e. The quantitative estimate of drug-likeness (QED) is 0.870. The zero-order valence-electron chi connectivity index (χ0n) is 8.79. The van der Waals surface area contributed by atoms with Gasteiger partial charge in [-0.2, -0.15) is 0 Å². The number of nitrogens with zero attached hydrogens (tertiary/aromatic N) is 1. The molecule has 0 spiro atoms. The summed E-state index contributed by atoms with van der Waals surface area (Å²) in [5.74, 6) is -0.274. The predicted octanol–water partition coefficient (Wildman–Crippen LogP) is 3.01. The lowest BCUT2D eigenvalue weighted by Gasteiger charge is -1.98. The van der Waals surface area contributed by atoms with Crippen molar-refractivity contribution in [2.24, 2.45) is 5.92 Å². The van der Waals surface area contributed by atoms with Crippen molar-refractivity contribution in [3.63, 3.8) is 0 Å². The molecule has 0 amide bonds. The molecule has 1 aromatic rings. The van der Waals surface area contributed by atoms with E-state index in [-0.39, 0.29) is 6.42 Å². The SMILES string of the molecule is CC(C)Cc1nc(CCC(=O)O)c(Cl)s1. The van der Waals surface area contributed by atoms with Gasteiger partial charge >= 0.3 is 5.97 Å². The Hall–Kier alpha value is -0.610. The lowest BCUT2D eigenvalue weighted by atomic mass is 10.1. The lowest BCUT2D eigenvalue weighted by molar-refractivity contribution is -0.136. The zero-order chi connectivity index (χ0) is 11.4. The number of rotatable bonds is 5. The largest absolute Gasteiger partial charge is 0.481 e. The van der Waals surface area contributed by atoms with Crippen LogP contribution in [0.2, 0.25) is 4.34 Å². The highest BCUT2D eigenvalue weighted by molar-refractivity contribution is 7.16. The molecule has 5 heteroatoms. The van der Waals surface area contributed by atoms with Gasteiger partial charge in [0.05, 0.1) is 17.1 Å². The highest BCUT2D eigenvalue weighted by atomic mass is 35.5. The smallest absolute Gasteiger partial charge is 0.303 e. The fraction of sp³-hybridized carbons (Fsp3) is 0.600. The van der Waals surface area contributed by atoms with Gasteiger partial charge in [0.2, 0.25) is 0 Å². The number of carboxylic acid groups (broad SMARTS) is 1. The second kappa shape index (κ2) is 5.47. The summed E-state index contributed by atoms with van der Waals surface area (Å²) in [5.41, 5.74) is 0.722. The van der Waals surface area contributed by atoms with E-state index in [1.807, 2.05) is 0 Å². The first kappa shape index (κ1) is 12.5. The third kappa shape index (κ3) is 4.18. The minimum absolute atomic E-state index is 0.0879. The van der Waals surface area contributed by atoms with Crippen LogP contribution in [0.3, 0.4) is 0 Å². The van der Waals surface area contributed by atoms with Crippen LogP contribution in [0.1, 0.15) is 31.0 Å². The summed E-state index contributed by atoms with van der Waals surface area (Å²) in [6, 6.07) is 0. The Morgan fingerprint density at radius 2 is 2.27 bits per heavy atom. The summed E-state index contributed by atoms with van der Waals surface area (Å²) in [7, 11) is 0.